The van der Waals surface area contributed by atoms with Crippen LogP contribution in [0.25, 0.3) is 0 Å². The summed E-state index contributed by atoms with van der Waals surface area (Å²) in [6, 6.07) is 0. The fourth-order valence-corrected chi connectivity index (χ4v) is 6.07. The first-order valence-corrected chi connectivity index (χ1v) is 10.2. The van der Waals surface area contributed by atoms with E-state index in [1.165, 1.54) is 13.1 Å². The molecule has 0 saturated carbocycles. The van der Waals surface area contributed by atoms with Gasteiger partial charge in [0.15, 0.2) is 0 Å². The third-order valence-corrected chi connectivity index (χ3v) is 7.99. The predicted molar refractivity (Wildman–Crippen MR) is 38.7 cm³/mol. The van der Waals surface area contributed by atoms with Crippen LogP contribution in [0.15, 0.2) is 0 Å². The van der Waals surface area contributed by atoms with Crippen molar-refractivity contribution in [3.05, 3.63) is 0 Å². The predicted octanol–water partition coefficient (Wildman–Crippen LogP) is 1.06. The van der Waals surface area contributed by atoms with Crippen molar-refractivity contribution in [2.45, 2.75) is 13.8 Å². The third kappa shape index (κ3) is 1.94. The van der Waals surface area contributed by atoms with E-state index in [9.17, 15) is 0 Å². The topological polar surface area (TPSA) is 3.24 Å². The number of hydrogen-bond donors (Lipinski definition) is 0. The van der Waals surface area contributed by atoms with Gasteiger partial charge >= 0.3 is 58.6 Å². The Morgan fingerprint density at radius 2 is 1.75 bits per heavy atom. The monoisotopic (exact) mass is 220 g/mol. The summed E-state index contributed by atoms with van der Waals surface area (Å²) < 4.78 is 3.19. The van der Waals surface area contributed by atoms with E-state index >= 15 is 0 Å². The first-order chi connectivity index (χ1) is 3.79. The summed E-state index contributed by atoms with van der Waals surface area (Å²) in [7, 11) is 2.23. The van der Waals surface area contributed by atoms with E-state index < -0.39 is 19.8 Å². The van der Waals surface area contributed by atoms with Gasteiger partial charge in [-0.3, -0.25) is 0 Å². The first-order valence-electron chi connectivity index (χ1n) is 3.29. The summed E-state index contributed by atoms with van der Waals surface area (Å²) in [6.07, 6.45) is 0. The Kier molecular flexibility index (Phi) is 2.63. The summed E-state index contributed by atoms with van der Waals surface area (Å²) in [6.45, 7) is 2.79. The molecule has 1 aliphatic heterocycles. The van der Waals surface area contributed by atoms with Gasteiger partial charge in [-0.25, -0.2) is 0 Å². The van der Waals surface area contributed by atoms with Gasteiger partial charge in [0.1, 0.15) is 0 Å². The van der Waals surface area contributed by atoms with Crippen LogP contribution in [0.5, 0.6) is 0 Å². The van der Waals surface area contributed by atoms with Crippen LogP contribution in [0.2, 0.25) is 13.8 Å². The van der Waals surface area contributed by atoms with Crippen molar-refractivity contribution in [3.8, 4) is 0 Å². The second-order valence-corrected chi connectivity index (χ2v) is 11.1. The van der Waals surface area contributed by atoms with E-state index in [0.717, 1.165) is 0 Å². The van der Waals surface area contributed by atoms with Gasteiger partial charge in [-0.2, -0.15) is 0 Å². The Labute approximate surface area is 58.8 Å². The van der Waals surface area contributed by atoms with Crippen molar-refractivity contribution in [3.63, 3.8) is 0 Å². The van der Waals surface area contributed by atoms with Crippen molar-refractivity contribution >= 4 is 19.8 Å². The molecular weight excluding hydrogens is 205 g/mol. The maximum absolute atomic E-state index is 2.54. The molecule has 0 spiro atoms. The van der Waals surface area contributed by atoms with Crippen molar-refractivity contribution in [2.75, 3.05) is 20.1 Å². The maximum atomic E-state index is 2.54. The zero-order chi connectivity index (χ0) is 5.98. The van der Waals surface area contributed by atoms with E-state index in [1.54, 1.807) is 8.87 Å². The fraction of sp³-hybridized carbons (Fsp3) is 1.00. The molecule has 0 N–H and O–H groups in total. The molecule has 8 heavy (non-hydrogen) atoms. The first kappa shape index (κ1) is 6.87. The average molecular weight is 219 g/mol. The van der Waals surface area contributed by atoms with Crippen molar-refractivity contribution in [1.82, 2.24) is 4.90 Å². The Hall–Kier alpha value is 0.759. The molecule has 0 aromatic rings. The van der Waals surface area contributed by atoms with E-state index in [1.807, 2.05) is 0 Å². The Morgan fingerprint density at radius 1 is 1.25 bits per heavy atom. The number of hydrogen-bond acceptors (Lipinski definition) is 1. The summed E-state index contributed by atoms with van der Waals surface area (Å²) in [5.74, 6) is 0. The van der Waals surface area contributed by atoms with Gasteiger partial charge in [0.2, 0.25) is 0 Å². The van der Waals surface area contributed by atoms with Crippen LogP contribution in [0.1, 0.15) is 0 Å². The molecule has 1 fully saturated rings. The Bertz CT molecular complexity index is 56.9. The summed E-state index contributed by atoms with van der Waals surface area (Å²) in [4.78, 5) is 4.99. The molecule has 0 aliphatic carbocycles. The van der Waals surface area contributed by atoms with Crippen LogP contribution >= 0.6 is 0 Å². The van der Waals surface area contributed by atoms with Crippen LogP contribution in [0.4, 0.5) is 0 Å². The molecule has 0 aromatic heterocycles. The van der Waals surface area contributed by atoms with Gasteiger partial charge in [-0.15, -0.1) is 0 Å². The summed E-state index contributed by atoms with van der Waals surface area (Å²) >= 11 is -0.654. The zero-order valence-electron chi connectivity index (χ0n) is 5.78. The minimum absolute atomic E-state index is 0.654. The second kappa shape index (κ2) is 3.06. The molecule has 0 atom stereocenters. The van der Waals surface area contributed by atoms with Crippen molar-refractivity contribution in [1.29, 1.82) is 0 Å². The SMILES string of the molecule is CN1C[CH2][Sn]([CH3])[CH2]C1. The molecule has 1 saturated heterocycles. The molecule has 1 rings (SSSR count). The van der Waals surface area contributed by atoms with E-state index in [-0.39, 0.29) is 0 Å². The van der Waals surface area contributed by atoms with Gasteiger partial charge < -0.3 is 0 Å². The zero-order valence-corrected chi connectivity index (χ0v) is 8.63. The van der Waals surface area contributed by atoms with Gasteiger partial charge in [-0.05, 0) is 0 Å². The molecule has 47 valence electrons. The molecule has 0 amide bonds. The normalized spacial score (nSPS) is 26.2. The number of nitrogens with zero attached hydrogens (tertiary/aromatic N) is 1. The summed E-state index contributed by atoms with van der Waals surface area (Å²) in [5.41, 5.74) is 0. The van der Waals surface area contributed by atoms with Gasteiger partial charge in [0.25, 0.3) is 0 Å². The van der Waals surface area contributed by atoms with E-state index in [0.29, 0.717) is 0 Å². The molecule has 1 heterocycles. The molecule has 1 nitrogen and oxygen atoms in total. The van der Waals surface area contributed by atoms with Crippen LogP contribution in [0, 0.1) is 0 Å². The molecule has 0 bridgehead atoms. The van der Waals surface area contributed by atoms with Crippen LogP contribution in [-0.4, -0.2) is 44.8 Å². The standard InChI is InChI=1S/C5H11N.CH3.Sn/c1-4-6(3)5-2;;/h1-2,4-5H2,3H3;1H3;. The van der Waals surface area contributed by atoms with Crippen molar-refractivity contribution < 1.29 is 0 Å². The Morgan fingerprint density at radius 3 is 2.12 bits per heavy atom. The molecule has 1 radical (unpaired) electrons. The molecule has 1 aliphatic rings. The molecule has 0 unspecified atom stereocenters. The van der Waals surface area contributed by atoms with Crippen LogP contribution in [0.3, 0.4) is 0 Å². The third-order valence-electron chi connectivity index (χ3n) is 1.84. The quantitative estimate of drug-likeness (QED) is 0.550. The number of rotatable bonds is 0. The van der Waals surface area contributed by atoms with Crippen molar-refractivity contribution in [2.24, 2.45) is 0 Å². The molecule has 2 heteroatoms. The fourth-order valence-electron chi connectivity index (χ4n) is 1.00. The minimum atomic E-state index is -0.654. The van der Waals surface area contributed by atoms with E-state index in [4.69, 9.17) is 0 Å². The van der Waals surface area contributed by atoms with E-state index in [2.05, 4.69) is 16.9 Å². The van der Waals surface area contributed by atoms with Crippen LogP contribution in [-0.2, 0) is 0 Å². The molecule has 0 aromatic carbocycles. The van der Waals surface area contributed by atoms with Gasteiger partial charge in [0, 0.05) is 0 Å². The Balaban J connectivity index is 2.19. The van der Waals surface area contributed by atoms with Gasteiger partial charge in [0.05, 0.1) is 0 Å². The average Bonchev–Trinajstić information content (AvgIpc) is 1.77. The van der Waals surface area contributed by atoms with Crippen LogP contribution < -0.4 is 0 Å². The second-order valence-electron chi connectivity index (χ2n) is 2.76. The molecular formula is C6H14NSn. The summed E-state index contributed by atoms with van der Waals surface area (Å²) in [5, 5.41) is 0. The van der Waals surface area contributed by atoms with Gasteiger partial charge in [-0.1, -0.05) is 0 Å².